The van der Waals surface area contributed by atoms with Crippen LogP contribution in [0.4, 0.5) is 0 Å². The molecule has 0 saturated carbocycles. The van der Waals surface area contributed by atoms with Crippen LogP contribution >= 0.6 is 0 Å². The Bertz CT molecular complexity index is 328. The Morgan fingerprint density at radius 3 is 2.71 bits per heavy atom. The largest absolute Gasteiger partial charge is 0.331 e. The van der Waals surface area contributed by atoms with Gasteiger partial charge in [-0.05, 0) is 33.6 Å². The first-order valence-electron chi connectivity index (χ1n) is 6.77. The summed E-state index contributed by atoms with van der Waals surface area (Å²) in [6, 6.07) is 0.463. The zero-order valence-corrected chi connectivity index (χ0v) is 12.0. The number of hydrogen-bond acceptors (Lipinski definition) is 2. The van der Waals surface area contributed by atoms with E-state index in [2.05, 4.69) is 55.7 Å². The van der Waals surface area contributed by atoms with Gasteiger partial charge in [-0.1, -0.05) is 13.8 Å². The van der Waals surface area contributed by atoms with E-state index in [1.165, 1.54) is 5.82 Å². The highest BCUT2D eigenvalue weighted by Gasteiger charge is 2.16. The first-order valence-corrected chi connectivity index (χ1v) is 6.77. The van der Waals surface area contributed by atoms with Gasteiger partial charge in [0, 0.05) is 36.9 Å². The van der Waals surface area contributed by atoms with Crippen molar-refractivity contribution < 1.29 is 0 Å². The number of hydrogen-bond donors (Lipinski definition) is 1. The highest BCUT2D eigenvalue weighted by atomic mass is 15.1. The van der Waals surface area contributed by atoms with Crippen molar-refractivity contribution in [3.8, 4) is 0 Å². The lowest BCUT2D eigenvalue weighted by Gasteiger charge is -2.27. The Morgan fingerprint density at radius 1 is 1.41 bits per heavy atom. The first kappa shape index (κ1) is 14.2. The molecule has 17 heavy (non-hydrogen) atoms. The topological polar surface area (TPSA) is 29.9 Å². The zero-order chi connectivity index (χ0) is 12.9. The first-order chi connectivity index (χ1) is 8.00. The average molecular weight is 237 g/mol. The molecule has 3 heteroatoms. The number of aromatic nitrogens is 2. The quantitative estimate of drug-likeness (QED) is 0.789. The molecule has 0 aromatic carbocycles. The fourth-order valence-electron chi connectivity index (χ4n) is 1.81. The molecule has 0 fully saturated rings. The second-order valence-corrected chi connectivity index (χ2v) is 5.47. The molecule has 0 radical (unpaired) electrons. The van der Waals surface area contributed by atoms with Crippen LogP contribution in [-0.4, -0.2) is 21.6 Å². The average Bonchev–Trinajstić information content (AvgIpc) is 2.75. The number of nitrogens with one attached hydrogen (secondary N) is 1. The molecule has 0 aliphatic rings. The second kappa shape index (κ2) is 6.20. The molecule has 98 valence electrons. The van der Waals surface area contributed by atoms with E-state index in [0.717, 1.165) is 25.8 Å². The number of imidazole rings is 1. The van der Waals surface area contributed by atoms with Gasteiger partial charge in [-0.3, -0.25) is 0 Å². The van der Waals surface area contributed by atoms with Crippen LogP contribution < -0.4 is 5.32 Å². The van der Waals surface area contributed by atoms with Crippen molar-refractivity contribution in [2.75, 3.05) is 6.54 Å². The van der Waals surface area contributed by atoms with Crippen LogP contribution in [0.25, 0.3) is 0 Å². The Hall–Kier alpha value is -0.830. The maximum Gasteiger partial charge on any atom is 0.108 e. The van der Waals surface area contributed by atoms with Gasteiger partial charge in [0.25, 0.3) is 0 Å². The number of aryl methyl sites for hydroxylation is 1. The van der Waals surface area contributed by atoms with E-state index in [0.29, 0.717) is 6.04 Å². The van der Waals surface area contributed by atoms with Crippen molar-refractivity contribution in [1.82, 2.24) is 14.9 Å². The van der Waals surface area contributed by atoms with E-state index in [1.807, 2.05) is 6.20 Å². The zero-order valence-electron chi connectivity index (χ0n) is 12.0. The van der Waals surface area contributed by atoms with Crippen molar-refractivity contribution >= 4 is 0 Å². The van der Waals surface area contributed by atoms with Crippen LogP contribution in [0, 0.1) is 0 Å². The van der Waals surface area contributed by atoms with Gasteiger partial charge in [0.05, 0.1) is 0 Å². The van der Waals surface area contributed by atoms with E-state index in [-0.39, 0.29) is 5.54 Å². The summed E-state index contributed by atoms with van der Waals surface area (Å²) in [6.45, 7) is 12.2. The van der Waals surface area contributed by atoms with Gasteiger partial charge < -0.3 is 9.88 Å². The molecular weight excluding hydrogens is 210 g/mol. The summed E-state index contributed by atoms with van der Waals surface area (Å²) < 4.78 is 2.29. The van der Waals surface area contributed by atoms with Gasteiger partial charge in [0.2, 0.25) is 0 Å². The molecule has 1 aromatic heterocycles. The minimum Gasteiger partial charge on any atom is -0.331 e. The molecule has 1 atom stereocenters. The molecule has 1 N–H and O–H groups in total. The van der Waals surface area contributed by atoms with Gasteiger partial charge >= 0.3 is 0 Å². The molecule has 0 aliphatic carbocycles. The molecule has 0 saturated heterocycles. The predicted octanol–water partition coefficient (Wildman–Crippen LogP) is 3.17. The van der Waals surface area contributed by atoms with Crippen LogP contribution in [0.1, 0.15) is 59.3 Å². The molecule has 0 amide bonds. The molecule has 0 bridgehead atoms. The van der Waals surface area contributed by atoms with Crippen LogP contribution in [0.15, 0.2) is 12.4 Å². The lowest BCUT2D eigenvalue weighted by Crippen LogP contribution is -2.41. The third kappa shape index (κ3) is 4.15. The summed E-state index contributed by atoms with van der Waals surface area (Å²) in [5.41, 5.74) is 0.222. The maximum absolute atomic E-state index is 4.43. The van der Waals surface area contributed by atoms with Crippen LogP contribution in [0.5, 0.6) is 0 Å². The van der Waals surface area contributed by atoms with Crippen LogP contribution in [-0.2, 0) is 6.42 Å². The highest BCUT2D eigenvalue weighted by molar-refractivity contribution is 4.95. The molecule has 1 heterocycles. The summed E-state index contributed by atoms with van der Waals surface area (Å²) in [5.74, 6) is 1.20. The summed E-state index contributed by atoms with van der Waals surface area (Å²) in [4.78, 5) is 4.43. The third-order valence-corrected chi connectivity index (χ3v) is 3.46. The normalized spacial score (nSPS) is 13.9. The highest BCUT2D eigenvalue weighted by Crippen LogP contribution is 2.13. The fraction of sp³-hybridized carbons (Fsp3) is 0.786. The van der Waals surface area contributed by atoms with Crippen molar-refractivity contribution in [3.05, 3.63) is 18.2 Å². The van der Waals surface area contributed by atoms with Gasteiger partial charge in [-0.15, -0.1) is 0 Å². The van der Waals surface area contributed by atoms with Gasteiger partial charge in [-0.2, -0.15) is 0 Å². The SMILES string of the molecule is CCCc1nccn1C(C)CNC(C)(C)CC. The van der Waals surface area contributed by atoms with Crippen molar-refractivity contribution in [1.29, 1.82) is 0 Å². The van der Waals surface area contributed by atoms with E-state index in [4.69, 9.17) is 0 Å². The van der Waals surface area contributed by atoms with Crippen molar-refractivity contribution in [3.63, 3.8) is 0 Å². The van der Waals surface area contributed by atoms with Crippen molar-refractivity contribution in [2.45, 2.75) is 65.5 Å². The summed E-state index contributed by atoms with van der Waals surface area (Å²) in [6.07, 6.45) is 7.36. The van der Waals surface area contributed by atoms with Gasteiger partial charge in [-0.25, -0.2) is 4.98 Å². The van der Waals surface area contributed by atoms with E-state index in [1.54, 1.807) is 0 Å². The monoisotopic (exact) mass is 237 g/mol. The molecule has 1 rings (SSSR count). The van der Waals surface area contributed by atoms with E-state index in [9.17, 15) is 0 Å². The minimum atomic E-state index is 0.222. The molecular formula is C14H27N3. The Balaban J connectivity index is 2.57. The number of nitrogens with zero attached hydrogens (tertiary/aromatic N) is 2. The third-order valence-electron chi connectivity index (χ3n) is 3.46. The molecule has 0 spiro atoms. The standard InChI is InChI=1S/C14H27N3/c1-6-8-13-15-9-10-17(13)12(3)11-16-14(4,5)7-2/h9-10,12,16H,6-8,11H2,1-5H3. The Kier molecular flexibility index (Phi) is 5.19. The maximum atomic E-state index is 4.43. The van der Waals surface area contributed by atoms with E-state index >= 15 is 0 Å². The summed E-state index contributed by atoms with van der Waals surface area (Å²) in [7, 11) is 0. The molecule has 1 unspecified atom stereocenters. The minimum absolute atomic E-state index is 0.222. The lowest BCUT2D eigenvalue weighted by molar-refractivity contribution is 0.341. The molecule has 0 aliphatic heterocycles. The fourth-order valence-corrected chi connectivity index (χ4v) is 1.81. The Labute approximate surface area is 106 Å². The molecule has 3 nitrogen and oxygen atoms in total. The number of rotatable bonds is 7. The van der Waals surface area contributed by atoms with Gasteiger partial charge in [0.1, 0.15) is 5.82 Å². The van der Waals surface area contributed by atoms with Crippen molar-refractivity contribution in [2.24, 2.45) is 0 Å². The van der Waals surface area contributed by atoms with Crippen LogP contribution in [0.3, 0.4) is 0 Å². The van der Waals surface area contributed by atoms with Gasteiger partial charge in [0.15, 0.2) is 0 Å². The van der Waals surface area contributed by atoms with E-state index < -0.39 is 0 Å². The Morgan fingerprint density at radius 2 is 2.12 bits per heavy atom. The smallest absolute Gasteiger partial charge is 0.108 e. The second-order valence-electron chi connectivity index (χ2n) is 5.47. The van der Waals surface area contributed by atoms with Crippen LogP contribution in [0.2, 0.25) is 0 Å². The molecule has 1 aromatic rings. The lowest BCUT2D eigenvalue weighted by atomic mass is 10.0. The predicted molar refractivity (Wildman–Crippen MR) is 73.3 cm³/mol. The summed E-state index contributed by atoms with van der Waals surface area (Å²) >= 11 is 0. The summed E-state index contributed by atoms with van der Waals surface area (Å²) in [5, 5.41) is 3.62.